The van der Waals surface area contributed by atoms with Crippen molar-refractivity contribution in [3.05, 3.63) is 69.8 Å². The van der Waals surface area contributed by atoms with Crippen LogP contribution in [0.1, 0.15) is 83.0 Å². The van der Waals surface area contributed by atoms with Gasteiger partial charge in [-0.25, -0.2) is 9.59 Å². The van der Waals surface area contributed by atoms with Gasteiger partial charge in [-0.3, -0.25) is 19.2 Å². The summed E-state index contributed by atoms with van der Waals surface area (Å²) in [5.74, 6) is -2.20. The number of amides is 1. The number of benzene rings is 2. The Morgan fingerprint density at radius 1 is 0.696 bits per heavy atom. The molecule has 2 aromatic carbocycles. The summed E-state index contributed by atoms with van der Waals surface area (Å²) in [5.41, 5.74) is 6.26. The maximum atomic E-state index is 12.1. The lowest BCUT2D eigenvalue weighted by Crippen LogP contribution is -2.27. The first-order chi connectivity index (χ1) is 22.1. The van der Waals surface area contributed by atoms with Crippen molar-refractivity contribution in [2.45, 2.75) is 32.3 Å². The van der Waals surface area contributed by atoms with E-state index in [1.807, 2.05) is 0 Å². The van der Waals surface area contributed by atoms with Gasteiger partial charge in [0, 0.05) is 55.8 Å². The van der Waals surface area contributed by atoms with Gasteiger partial charge in [0.15, 0.2) is 11.6 Å². The fourth-order valence-electron chi connectivity index (χ4n) is 3.50. The van der Waals surface area contributed by atoms with E-state index in [-0.39, 0.29) is 98.3 Å². The lowest BCUT2D eigenvalue weighted by atomic mass is 9.97. The number of ether oxygens (including phenoxy) is 3. The smallest absolute Gasteiger partial charge is 0.337 e. The molecule has 0 heterocycles. The van der Waals surface area contributed by atoms with Crippen LogP contribution in [0.2, 0.25) is 0 Å². The summed E-state index contributed by atoms with van der Waals surface area (Å²) in [5, 5.41) is 36.6. The van der Waals surface area contributed by atoms with Gasteiger partial charge in [-0.2, -0.15) is 0 Å². The Bertz CT molecular complexity index is 1150. The van der Waals surface area contributed by atoms with Crippen molar-refractivity contribution in [3.8, 4) is 0 Å². The van der Waals surface area contributed by atoms with Crippen LogP contribution in [0.4, 0.5) is 0 Å². The summed E-state index contributed by atoms with van der Waals surface area (Å²) < 4.78 is 13.7. The Morgan fingerprint density at radius 2 is 1.13 bits per heavy atom. The molecule has 0 saturated heterocycles. The van der Waals surface area contributed by atoms with Crippen molar-refractivity contribution >= 4 is 35.9 Å². The number of hydrogen-bond donors (Lipinski definition) is 6. The summed E-state index contributed by atoms with van der Waals surface area (Å²) in [6, 6.07) is 8.53. The lowest BCUT2D eigenvalue weighted by molar-refractivity contribution is -0.129. The second-order valence-corrected chi connectivity index (χ2v) is 9.10. The molecular weight excluding hydrogens is 608 g/mol. The van der Waals surface area contributed by atoms with Crippen LogP contribution in [0.15, 0.2) is 36.4 Å². The maximum Gasteiger partial charge on any atom is 0.337 e. The van der Waals surface area contributed by atoms with Crippen LogP contribution in [-0.2, 0) is 25.6 Å². The summed E-state index contributed by atoms with van der Waals surface area (Å²) in [6.07, 6.45) is 0.825. The number of carbonyl (C=O) groups is 6. The van der Waals surface area contributed by atoms with Gasteiger partial charge in [-0.15, -0.1) is 0 Å². The van der Waals surface area contributed by atoms with E-state index in [1.165, 1.54) is 50.6 Å². The van der Waals surface area contributed by atoms with Crippen LogP contribution in [0, 0.1) is 0 Å². The van der Waals surface area contributed by atoms with Crippen molar-refractivity contribution in [3.63, 3.8) is 0 Å². The first-order valence-electron chi connectivity index (χ1n) is 14.1. The van der Waals surface area contributed by atoms with Crippen LogP contribution >= 0.6 is 0 Å². The number of aliphatic hydroxyl groups is 4. The number of esters is 2. The fraction of sp³-hybridized carbons (Fsp3) is 0.419. The molecule has 2 rings (SSSR count). The Morgan fingerprint density at radius 3 is 1.50 bits per heavy atom. The van der Waals surface area contributed by atoms with E-state index in [2.05, 4.69) is 19.5 Å². The highest BCUT2D eigenvalue weighted by Crippen LogP contribution is 2.16. The number of nitrogens with two attached hydrogens (primary N) is 1. The van der Waals surface area contributed by atoms with E-state index in [9.17, 15) is 28.8 Å². The molecule has 0 aromatic heterocycles. The van der Waals surface area contributed by atoms with Gasteiger partial charge in [0.05, 0.1) is 38.6 Å². The molecule has 0 fully saturated rings. The molecule has 15 nitrogen and oxygen atoms in total. The number of ketones is 2. The Kier molecular flexibility index (Phi) is 22.3. The normalized spacial score (nSPS) is 9.80. The lowest BCUT2D eigenvalue weighted by Gasteiger charge is -2.09. The van der Waals surface area contributed by atoms with Gasteiger partial charge in [0.2, 0.25) is 0 Å². The molecule has 0 aliphatic rings. The molecule has 254 valence electrons. The Labute approximate surface area is 266 Å². The average Bonchev–Trinajstić information content (AvgIpc) is 3.09. The number of aliphatic hydroxyl groups excluding tert-OH is 4. The number of carbonyl (C=O) groups excluding carboxylic acids is 6. The van der Waals surface area contributed by atoms with Gasteiger partial charge in [-0.1, -0.05) is 0 Å². The summed E-state index contributed by atoms with van der Waals surface area (Å²) >= 11 is 0. The van der Waals surface area contributed by atoms with E-state index >= 15 is 0 Å². The third-order valence-corrected chi connectivity index (χ3v) is 5.64. The quantitative estimate of drug-likeness (QED) is 0.0579. The molecule has 1 amide bonds. The zero-order valence-electron chi connectivity index (χ0n) is 25.9. The minimum atomic E-state index is -0.590. The molecule has 0 spiro atoms. The molecule has 0 aliphatic carbocycles. The fourth-order valence-corrected chi connectivity index (χ4v) is 3.50. The van der Waals surface area contributed by atoms with Crippen molar-refractivity contribution in [1.82, 2.24) is 5.32 Å². The highest BCUT2D eigenvalue weighted by Gasteiger charge is 2.16. The van der Waals surface area contributed by atoms with Gasteiger partial charge >= 0.3 is 11.9 Å². The second-order valence-electron chi connectivity index (χ2n) is 9.10. The van der Waals surface area contributed by atoms with Crippen LogP contribution < -0.4 is 11.1 Å². The first-order valence-corrected chi connectivity index (χ1v) is 14.1. The predicted molar refractivity (Wildman–Crippen MR) is 163 cm³/mol. The number of methoxy groups -OCH3 is 2. The van der Waals surface area contributed by atoms with Crippen LogP contribution in [0.25, 0.3) is 0 Å². The maximum absolute atomic E-state index is 12.1. The van der Waals surface area contributed by atoms with E-state index in [0.29, 0.717) is 24.9 Å². The zero-order chi connectivity index (χ0) is 34.9. The molecule has 46 heavy (non-hydrogen) atoms. The van der Waals surface area contributed by atoms with Crippen molar-refractivity contribution in [1.29, 1.82) is 0 Å². The molecule has 0 radical (unpaired) electrons. The number of Topliss-reactive ketones (excluding diaryl/α,β-unsaturated/α-hetero) is 2. The molecule has 2 aromatic rings. The van der Waals surface area contributed by atoms with E-state index in [0.717, 1.165) is 0 Å². The largest absolute Gasteiger partial charge is 0.465 e. The van der Waals surface area contributed by atoms with E-state index < -0.39 is 17.8 Å². The average molecular weight is 651 g/mol. The monoisotopic (exact) mass is 650 g/mol. The third kappa shape index (κ3) is 16.0. The molecular formula is C31H42N2O13. The standard InChI is InChI=1S/C17H23NO6.C12H12O6.C2H7NO/c19-6-1-3-15(22)12-9-13(16(23)4-2-7-20)11-14(10-12)17(24)18-5-8-21;1-16-11(14)9-3-8(6-18-7-13)4-10(5-9)12(15)17-2;3-1-2-4/h9-11,19-21H,1-8H2,(H,18,24);3-5,7H,6H2,1-2H3;4H,1-3H2. The molecule has 0 saturated carbocycles. The van der Waals surface area contributed by atoms with Gasteiger partial charge in [0.25, 0.3) is 12.4 Å². The van der Waals surface area contributed by atoms with Crippen molar-refractivity contribution in [2.75, 3.05) is 53.7 Å². The zero-order valence-corrected chi connectivity index (χ0v) is 25.9. The van der Waals surface area contributed by atoms with Gasteiger partial charge < -0.3 is 45.7 Å². The van der Waals surface area contributed by atoms with Gasteiger partial charge in [0.1, 0.15) is 6.61 Å². The Hall–Kier alpha value is -4.54. The predicted octanol–water partition coefficient (Wildman–Crippen LogP) is 0.189. The van der Waals surface area contributed by atoms with Gasteiger partial charge in [-0.05, 0) is 54.8 Å². The van der Waals surface area contributed by atoms with E-state index in [1.54, 1.807) is 0 Å². The summed E-state index contributed by atoms with van der Waals surface area (Å²) in [6.45, 7) is 0.314. The van der Waals surface area contributed by atoms with Crippen LogP contribution in [-0.4, -0.2) is 110 Å². The van der Waals surface area contributed by atoms with Crippen LogP contribution in [0.3, 0.4) is 0 Å². The highest BCUT2D eigenvalue weighted by atomic mass is 16.5. The molecule has 15 heteroatoms. The van der Waals surface area contributed by atoms with Crippen molar-refractivity contribution in [2.24, 2.45) is 5.73 Å². The minimum Gasteiger partial charge on any atom is -0.465 e. The highest BCUT2D eigenvalue weighted by molar-refractivity contribution is 6.05. The third-order valence-electron chi connectivity index (χ3n) is 5.64. The Balaban J connectivity index is 0.000000812. The molecule has 7 N–H and O–H groups in total. The summed E-state index contributed by atoms with van der Waals surface area (Å²) in [4.78, 5) is 69.3. The summed E-state index contributed by atoms with van der Waals surface area (Å²) in [7, 11) is 2.46. The second kappa shape index (κ2) is 24.7. The number of nitrogens with one attached hydrogen (secondary N) is 1. The molecule has 0 aliphatic heterocycles. The van der Waals surface area contributed by atoms with Crippen LogP contribution in [0.5, 0.6) is 0 Å². The molecule has 0 unspecified atom stereocenters. The SMILES string of the molecule is COC(=O)c1cc(COC=O)cc(C(=O)OC)c1.NCCO.O=C(CCCO)c1cc(C(=O)CCCO)cc(C(=O)NCCO)c1. The topological polar surface area (TPSA) is 249 Å². The minimum absolute atomic E-state index is 0.0433. The first kappa shape index (κ1) is 41.5. The molecule has 0 atom stereocenters. The van der Waals surface area contributed by atoms with Crippen molar-refractivity contribution < 1.29 is 63.4 Å². The molecule has 0 bridgehead atoms. The number of rotatable bonds is 17. The number of hydrogen-bond acceptors (Lipinski definition) is 14. The van der Waals surface area contributed by atoms with E-state index in [4.69, 9.17) is 26.2 Å².